The molecule has 0 aromatic heterocycles. The number of para-hydroxylation sites is 2. The molecule has 1 fully saturated rings. The number of rotatable bonds is 1. The van der Waals surface area contributed by atoms with E-state index in [1.54, 1.807) is 0 Å². The normalized spacial score (nSPS) is 21.0. The summed E-state index contributed by atoms with van der Waals surface area (Å²) in [6.07, 6.45) is 0.0689. The van der Waals surface area contributed by atoms with Crippen molar-refractivity contribution in [3.8, 4) is 11.5 Å². The van der Waals surface area contributed by atoms with E-state index in [4.69, 9.17) is 16.3 Å². The molecule has 0 aliphatic carbocycles. The lowest BCUT2D eigenvalue weighted by molar-refractivity contribution is 0.190. The number of benzene rings is 2. The lowest BCUT2D eigenvalue weighted by Crippen LogP contribution is -2.47. The van der Waals surface area contributed by atoms with Gasteiger partial charge in [-0.1, -0.05) is 23.7 Å². The third-order valence-corrected chi connectivity index (χ3v) is 4.42. The Bertz CT molecular complexity index is 685. The number of piperazine rings is 1. The molecule has 1 saturated heterocycles. The summed E-state index contributed by atoms with van der Waals surface area (Å²) >= 11 is 6.23. The third kappa shape index (κ3) is 2.54. The second-order valence-electron chi connectivity index (χ2n) is 5.61. The largest absolute Gasteiger partial charge is 0.455 e. The van der Waals surface area contributed by atoms with Crippen LogP contribution < -0.4 is 15.4 Å². The molecule has 1 atom stereocenters. The monoisotopic (exact) mass is 315 g/mol. The van der Waals surface area contributed by atoms with Crippen LogP contribution in [-0.2, 0) is 0 Å². The lowest BCUT2D eigenvalue weighted by atomic mass is 10.1. The zero-order chi connectivity index (χ0) is 14.9. The molecule has 4 nitrogen and oxygen atoms in total. The fraction of sp³-hybridized carbons (Fsp3) is 0.294. The summed E-state index contributed by atoms with van der Waals surface area (Å²) in [4.78, 5) is 2.43. The number of halogens is 1. The molecule has 1 unspecified atom stereocenters. The minimum absolute atomic E-state index is 0.0689. The fourth-order valence-electron chi connectivity index (χ4n) is 3.07. The van der Waals surface area contributed by atoms with Gasteiger partial charge >= 0.3 is 0 Å². The van der Waals surface area contributed by atoms with Crippen LogP contribution in [0, 0.1) is 0 Å². The summed E-state index contributed by atoms with van der Waals surface area (Å²) in [5.74, 6) is 1.72. The summed E-state index contributed by atoms with van der Waals surface area (Å²) in [5, 5.41) is 7.76. The van der Waals surface area contributed by atoms with Gasteiger partial charge in [-0.3, -0.25) is 4.90 Å². The smallest absolute Gasteiger partial charge is 0.150 e. The minimum atomic E-state index is 0.0689. The number of hydrogen-bond acceptors (Lipinski definition) is 4. The number of ether oxygens (including phenoxy) is 1. The van der Waals surface area contributed by atoms with E-state index in [0.29, 0.717) is 0 Å². The van der Waals surface area contributed by atoms with Crippen molar-refractivity contribution in [3.05, 3.63) is 53.1 Å². The van der Waals surface area contributed by atoms with E-state index < -0.39 is 0 Å². The Balaban J connectivity index is 1.80. The van der Waals surface area contributed by atoms with Crippen LogP contribution in [0.1, 0.15) is 11.7 Å². The van der Waals surface area contributed by atoms with Crippen LogP contribution in [0.15, 0.2) is 42.5 Å². The molecule has 2 aromatic rings. The van der Waals surface area contributed by atoms with Crippen LogP contribution in [0.2, 0.25) is 5.02 Å². The van der Waals surface area contributed by atoms with E-state index >= 15 is 0 Å². The average Bonchev–Trinajstić information content (AvgIpc) is 2.72. The molecule has 22 heavy (non-hydrogen) atoms. The first kappa shape index (κ1) is 13.9. The first-order chi connectivity index (χ1) is 10.8. The van der Waals surface area contributed by atoms with Crippen molar-refractivity contribution in [2.45, 2.75) is 6.17 Å². The predicted molar refractivity (Wildman–Crippen MR) is 88.8 cm³/mol. The highest BCUT2D eigenvalue weighted by Gasteiger charge is 2.28. The molecule has 114 valence electrons. The molecule has 2 heterocycles. The molecule has 2 aliphatic rings. The molecule has 2 N–H and O–H groups in total. The Morgan fingerprint density at radius 2 is 1.86 bits per heavy atom. The minimum Gasteiger partial charge on any atom is -0.455 e. The molecule has 2 aromatic carbocycles. The van der Waals surface area contributed by atoms with Crippen molar-refractivity contribution < 1.29 is 4.74 Å². The second kappa shape index (κ2) is 5.80. The lowest BCUT2D eigenvalue weighted by Gasteiger charge is -2.35. The number of anilines is 1. The third-order valence-electron chi connectivity index (χ3n) is 4.18. The van der Waals surface area contributed by atoms with E-state index in [-0.39, 0.29) is 6.17 Å². The van der Waals surface area contributed by atoms with Gasteiger partial charge in [0.15, 0.2) is 5.75 Å². The Labute approximate surface area is 135 Å². The van der Waals surface area contributed by atoms with Gasteiger partial charge in [-0.05, 0) is 30.3 Å². The van der Waals surface area contributed by atoms with E-state index in [2.05, 4.69) is 21.6 Å². The maximum absolute atomic E-state index is 6.23. The molecule has 0 radical (unpaired) electrons. The standard InChI is InChI=1S/C17H18ClN3O/c18-12-5-6-15-13(11-12)17(21-9-7-19-8-10-21)20-14-3-1-2-4-16(14)22-15/h1-6,11,17,19-20H,7-10H2. The van der Waals surface area contributed by atoms with Gasteiger partial charge in [0.25, 0.3) is 0 Å². The Hall–Kier alpha value is -1.75. The van der Waals surface area contributed by atoms with Gasteiger partial charge in [0.1, 0.15) is 11.9 Å². The zero-order valence-electron chi connectivity index (χ0n) is 12.2. The average molecular weight is 316 g/mol. The number of nitrogens with one attached hydrogen (secondary N) is 2. The van der Waals surface area contributed by atoms with Crippen molar-refractivity contribution in [1.82, 2.24) is 10.2 Å². The molecule has 4 rings (SSSR count). The summed E-state index contributed by atoms with van der Waals surface area (Å²) in [6, 6.07) is 13.9. The molecular weight excluding hydrogens is 298 g/mol. The van der Waals surface area contributed by atoms with Gasteiger partial charge in [0.2, 0.25) is 0 Å². The van der Waals surface area contributed by atoms with Crippen molar-refractivity contribution in [3.63, 3.8) is 0 Å². The molecule has 0 saturated carbocycles. The first-order valence-corrected chi connectivity index (χ1v) is 7.97. The SMILES string of the molecule is Clc1ccc2c(c1)C(N1CCNCC1)Nc1ccccc1O2. The fourth-order valence-corrected chi connectivity index (χ4v) is 3.25. The Kier molecular flexibility index (Phi) is 3.66. The van der Waals surface area contributed by atoms with Crippen molar-refractivity contribution in [1.29, 1.82) is 0 Å². The topological polar surface area (TPSA) is 36.5 Å². The summed E-state index contributed by atoms with van der Waals surface area (Å²) in [7, 11) is 0. The molecular formula is C17H18ClN3O. The molecule has 5 heteroatoms. The van der Waals surface area contributed by atoms with Crippen molar-refractivity contribution in [2.24, 2.45) is 0 Å². The number of nitrogens with zero attached hydrogens (tertiary/aromatic N) is 1. The summed E-state index contributed by atoms with van der Waals surface area (Å²) in [6.45, 7) is 3.98. The number of hydrogen-bond donors (Lipinski definition) is 2. The maximum atomic E-state index is 6.23. The quantitative estimate of drug-likeness (QED) is 0.845. The Morgan fingerprint density at radius 3 is 2.73 bits per heavy atom. The van der Waals surface area contributed by atoms with Crippen LogP contribution in [-0.4, -0.2) is 31.1 Å². The van der Waals surface area contributed by atoms with Crippen molar-refractivity contribution in [2.75, 3.05) is 31.5 Å². The van der Waals surface area contributed by atoms with Crippen LogP contribution in [0.5, 0.6) is 11.5 Å². The van der Waals surface area contributed by atoms with Crippen LogP contribution in [0.4, 0.5) is 5.69 Å². The Morgan fingerprint density at radius 1 is 1.05 bits per heavy atom. The molecule has 0 amide bonds. The van der Waals surface area contributed by atoms with E-state index in [1.165, 1.54) is 0 Å². The van der Waals surface area contributed by atoms with Crippen molar-refractivity contribution >= 4 is 17.3 Å². The van der Waals surface area contributed by atoms with Gasteiger partial charge in [-0.25, -0.2) is 0 Å². The van der Waals surface area contributed by atoms with E-state index in [0.717, 1.165) is 54.0 Å². The zero-order valence-corrected chi connectivity index (χ0v) is 12.9. The van der Waals surface area contributed by atoms with E-state index in [9.17, 15) is 0 Å². The van der Waals surface area contributed by atoms with Gasteiger partial charge in [-0.2, -0.15) is 0 Å². The van der Waals surface area contributed by atoms with E-state index in [1.807, 2.05) is 36.4 Å². The van der Waals surface area contributed by atoms with Crippen LogP contribution in [0.25, 0.3) is 0 Å². The van der Waals surface area contributed by atoms with Gasteiger partial charge in [0.05, 0.1) is 5.69 Å². The highest BCUT2D eigenvalue weighted by Crippen LogP contribution is 2.42. The summed E-state index contributed by atoms with van der Waals surface area (Å²) in [5.41, 5.74) is 2.10. The molecule has 0 bridgehead atoms. The van der Waals surface area contributed by atoms with Gasteiger partial charge in [-0.15, -0.1) is 0 Å². The van der Waals surface area contributed by atoms with Crippen LogP contribution in [0.3, 0.4) is 0 Å². The van der Waals surface area contributed by atoms with Gasteiger partial charge in [0, 0.05) is 36.8 Å². The van der Waals surface area contributed by atoms with Crippen LogP contribution >= 0.6 is 11.6 Å². The first-order valence-electron chi connectivity index (χ1n) is 7.59. The predicted octanol–water partition coefficient (Wildman–Crippen LogP) is 3.46. The molecule has 0 spiro atoms. The molecule has 2 aliphatic heterocycles. The maximum Gasteiger partial charge on any atom is 0.150 e. The highest BCUT2D eigenvalue weighted by molar-refractivity contribution is 6.30. The highest BCUT2D eigenvalue weighted by atomic mass is 35.5. The number of fused-ring (bicyclic) bond motifs is 2. The van der Waals surface area contributed by atoms with Gasteiger partial charge < -0.3 is 15.4 Å². The summed E-state index contributed by atoms with van der Waals surface area (Å²) < 4.78 is 6.12. The second-order valence-corrected chi connectivity index (χ2v) is 6.05.